The zero-order valence-electron chi connectivity index (χ0n) is 7.81. The van der Waals surface area contributed by atoms with Gasteiger partial charge in [0, 0.05) is 24.3 Å². The van der Waals surface area contributed by atoms with Crippen LogP contribution in [0.4, 0.5) is 0 Å². The molecule has 2 aromatic rings. The fraction of sp³-hybridized carbons (Fsp3) is 0.300. The smallest absolute Gasteiger partial charge is 0.138 e. The van der Waals surface area contributed by atoms with Crippen molar-refractivity contribution in [3.63, 3.8) is 0 Å². The number of nitrogens with zero attached hydrogens (tertiary/aromatic N) is 2. The standard InChI is InChI=1S/C10H11ClN2O/c1-7(14)6-13-5-3-8-9(13)2-4-12-10(8)11/h2-5,7,14H,6H2,1H3. The van der Waals surface area contributed by atoms with Crippen LogP contribution in [0.1, 0.15) is 6.92 Å². The molecule has 1 N–H and O–H groups in total. The Kier molecular flexibility index (Phi) is 2.44. The molecule has 3 nitrogen and oxygen atoms in total. The van der Waals surface area contributed by atoms with E-state index in [0.29, 0.717) is 11.7 Å². The Balaban J connectivity index is 2.52. The monoisotopic (exact) mass is 210 g/mol. The van der Waals surface area contributed by atoms with Gasteiger partial charge in [-0.2, -0.15) is 0 Å². The number of aliphatic hydroxyl groups is 1. The Morgan fingerprint density at radius 1 is 1.57 bits per heavy atom. The maximum atomic E-state index is 9.28. The van der Waals surface area contributed by atoms with Crippen LogP contribution in [0.3, 0.4) is 0 Å². The first-order valence-electron chi connectivity index (χ1n) is 4.46. The van der Waals surface area contributed by atoms with Crippen molar-refractivity contribution in [2.45, 2.75) is 19.6 Å². The van der Waals surface area contributed by atoms with Crippen molar-refractivity contribution in [1.82, 2.24) is 9.55 Å². The van der Waals surface area contributed by atoms with Crippen LogP contribution in [0.5, 0.6) is 0 Å². The van der Waals surface area contributed by atoms with Gasteiger partial charge in [-0.25, -0.2) is 4.98 Å². The highest BCUT2D eigenvalue weighted by molar-refractivity contribution is 6.34. The molecule has 2 heterocycles. The van der Waals surface area contributed by atoms with Crippen LogP contribution in [-0.2, 0) is 6.54 Å². The van der Waals surface area contributed by atoms with E-state index < -0.39 is 0 Å². The third kappa shape index (κ3) is 1.61. The molecule has 0 bridgehead atoms. The van der Waals surface area contributed by atoms with Gasteiger partial charge in [-0.05, 0) is 19.1 Å². The van der Waals surface area contributed by atoms with Gasteiger partial charge < -0.3 is 9.67 Å². The quantitative estimate of drug-likeness (QED) is 0.771. The van der Waals surface area contributed by atoms with Crippen molar-refractivity contribution < 1.29 is 5.11 Å². The van der Waals surface area contributed by atoms with Crippen molar-refractivity contribution in [3.8, 4) is 0 Å². The number of halogens is 1. The van der Waals surface area contributed by atoms with Crippen molar-refractivity contribution >= 4 is 22.5 Å². The lowest BCUT2D eigenvalue weighted by molar-refractivity contribution is 0.175. The van der Waals surface area contributed by atoms with E-state index >= 15 is 0 Å². The van der Waals surface area contributed by atoms with Gasteiger partial charge in [0.05, 0.1) is 11.6 Å². The van der Waals surface area contributed by atoms with Crippen molar-refractivity contribution in [3.05, 3.63) is 29.7 Å². The first kappa shape index (κ1) is 9.49. The lowest BCUT2D eigenvalue weighted by atomic mass is 10.3. The largest absolute Gasteiger partial charge is 0.392 e. The molecule has 0 aromatic carbocycles. The Hall–Kier alpha value is -1.06. The summed E-state index contributed by atoms with van der Waals surface area (Å²) in [6, 6.07) is 3.80. The number of aliphatic hydroxyl groups excluding tert-OH is 1. The summed E-state index contributed by atoms with van der Waals surface area (Å²) < 4.78 is 1.97. The minimum atomic E-state index is -0.363. The summed E-state index contributed by atoms with van der Waals surface area (Å²) >= 11 is 5.92. The molecule has 1 unspecified atom stereocenters. The van der Waals surface area contributed by atoms with Crippen LogP contribution in [0.2, 0.25) is 5.15 Å². The van der Waals surface area contributed by atoms with Gasteiger partial charge in [0.1, 0.15) is 5.15 Å². The molecule has 1 atom stereocenters. The second-order valence-corrected chi connectivity index (χ2v) is 3.71. The van der Waals surface area contributed by atoms with Crippen molar-refractivity contribution in [2.24, 2.45) is 0 Å². The summed E-state index contributed by atoms with van der Waals surface area (Å²) in [7, 11) is 0. The summed E-state index contributed by atoms with van der Waals surface area (Å²) in [6.07, 6.45) is 3.21. The fourth-order valence-electron chi connectivity index (χ4n) is 1.53. The molecular weight excluding hydrogens is 200 g/mol. The zero-order chi connectivity index (χ0) is 10.1. The lowest BCUT2D eigenvalue weighted by Gasteiger charge is -2.07. The van der Waals surface area contributed by atoms with Gasteiger partial charge in [0.2, 0.25) is 0 Å². The van der Waals surface area contributed by atoms with Crippen molar-refractivity contribution in [1.29, 1.82) is 0 Å². The van der Waals surface area contributed by atoms with Crippen LogP contribution >= 0.6 is 11.6 Å². The first-order chi connectivity index (χ1) is 6.68. The van der Waals surface area contributed by atoms with Crippen LogP contribution in [0.15, 0.2) is 24.5 Å². The predicted octanol–water partition coefficient (Wildman–Crippen LogP) is 2.07. The Labute approximate surface area is 86.9 Å². The van der Waals surface area contributed by atoms with E-state index in [0.717, 1.165) is 10.9 Å². The topological polar surface area (TPSA) is 38.0 Å². The van der Waals surface area contributed by atoms with Crippen LogP contribution in [0, 0.1) is 0 Å². The van der Waals surface area contributed by atoms with E-state index in [4.69, 9.17) is 11.6 Å². The molecular formula is C10H11ClN2O. The minimum absolute atomic E-state index is 0.363. The van der Waals surface area contributed by atoms with Gasteiger partial charge in [-0.15, -0.1) is 0 Å². The van der Waals surface area contributed by atoms with Crippen LogP contribution in [0.25, 0.3) is 10.9 Å². The molecule has 2 aromatic heterocycles. The molecule has 0 aliphatic rings. The van der Waals surface area contributed by atoms with E-state index in [2.05, 4.69) is 4.98 Å². The first-order valence-corrected chi connectivity index (χ1v) is 4.83. The molecule has 0 saturated carbocycles. The second-order valence-electron chi connectivity index (χ2n) is 3.35. The Morgan fingerprint density at radius 2 is 2.36 bits per heavy atom. The fourth-order valence-corrected chi connectivity index (χ4v) is 1.75. The molecule has 74 valence electrons. The summed E-state index contributed by atoms with van der Waals surface area (Å²) in [5.41, 5.74) is 1.01. The van der Waals surface area contributed by atoms with Crippen molar-refractivity contribution in [2.75, 3.05) is 0 Å². The molecule has 0 amide bonds. The number of hydrogen-bond acceptors (Lipinski definition) is 2. The van der Waals surface area contributed by atoms with Crippen LogP contribution in [-0.4, -0.2) is 20.8 Å². The number of fused-ring (bicyclic) bond motifs is 1. The number of aromatic nitrogens is 2. The summed E-state index contributed by atoms with van der Waals surface area (Å²) in [5.74, 6) is 0. The predicted molar refractivity (Wildman–Crippen MR) is 56.4 cm³/mol. The Morgan fingerprint density at radius 3 is 3.07 bits per heavy atom. The van der Waals surface area contributed by atoms with E-state index in [9.17, 15) is 5.11 Å². The summed E-state index contributed by atoms with van der Waals surface area (Å²) in [6.45, 7) is 2.33. The highest BCUT2D eigenvalue weighted by Crippen LogP contribution is 2.21. The Bertz CT molecular complexity index is 450. The molecule has 0 aliphatic heterocycles. The second kappa shape index (κ2) is 3.59. The van der Waals surface area contributed by atoms with E-state index in [1.54, 1.807) is 13.1 Å². The van der Waals surface area contributed by atoms with Gasteiger partial charge in [0.25, 0.3) is 0 Å². The number of pyridine rings is 1. The average Bonchev–Trinajstić information content (AvgIpc) is 2.49. The molecule has 0 saturated heterocycles. The number of rotatable bonds is 2. The maximum Gasteiger partial charge on any atom is 0.138 e. The maximum absolute atomic E-state index is 9.28. The minimum Gasteiger partial charge on any atom is -0.392 e. The summed E-state index contributed by atoms with van der Waals surface area (Å²) in [4.78, 5) is 3.99. The zero-order valence-corrected chi connectivity index (χ0v) is 8.57. The van der Waals surface area contributed by atoms with E-state index in [-0.39, 0.29) is 6.10 Å². The van der Waals surface area contributed by atoms with Gasteiger partial charge in [-0.1, -0.05) is 11.6 Å². The van der Waals surface area contributed by atoms with Gasteiger partial charge >= 0.3 is 0 Å². The van der Waals surface area contributed by atoms with Gasteiger partial charge in [0.15, 0.2) is 0 Å². The summed E-state index contributed by atoms with van der Waals surface area (Å²) in [5, 5.41) is 10.7. The molecule has 0 spiro atoms. The lowest BCUT2D eigenvalue weighted by Crippen LogP contribution is -2.10. The van der Waals surface area contributed by atoms with E-state index in [1.807, 2.05) is 22.9 Å². The van der Waals surface area contributed by atoms with Crippen LogP contribution < -0.4 is 0 Å². The molecule has 0 fully saturated rings. The third-order valence-corrected chi connectivity index (χ3v) is 2.41. The number of hydrogen-bond donors (Lipinski definition) is 1. The van der Waals surface area contributed by atoms with Gasteiger partial charge in [-0.3, -0.25) is 0 Å². The average molecular weight is 211 g/mol. The molecule has 0 radical (unpaired) electrons. The highest BCUT2D eigenvalue weighted by Gasteiger charge is 2.06. The SMILES string of the molecule is CC(O)Cn1ccc2c(Cl)nccc21. The molecule has 2 rings (SSSR count). The molecule has 14 heavy (non-hydrogen) atoms. The normalized spacial score (nSPS) is 13.4. The molecule has 4 heteroatoms. The molecule has 0 aliphatic carbocycles. The third-order valence-electron chi connectivity index (χ3n) is 2.11. The highest BCUT2D eigenvalue weighted by atomic mass is 35.5. The van der Waals surface area contributed by atoms with E-state index in [1.165, 1.54) is 0 Å².